The number of aryl methyl sites for hydroxylation is 2. The minimum absolute atomic E-state index is 0.0666. The molecule has 51 heavy (non-hydrogen) atoms. The van der Waals surface area contributed by atoms with E-state index in [0.717, 1.165) is 73.0 Å². The largest absolute Gasteiger partial charge is 0.492 e. The summed E-state index contributed by atoms with van der Waals surface area (Å²) in [6.45, 7) is 13.7. The molecule has 0 spiro atoms. The maximum absolute atomic E-state index is 14.4. The average molecular weight is 727 g/mol. The van der Waals surface area contributed by atoms with Gasteiger partial charge in [-0.15, -0.1) is 0 Å². The Morgan fingerprint density at radius 3 is 2.35 bits per heavy atom. The van der Waals surface area contributed by atoms with Crippen molar-refractivity contribution in [3.8, 4) is 5.75 Å². The van der Waals surface area contributed by atoms with Crippen LogP contribution in [0.2, 0.25) is 0 Å². The first-order valence-electron chi connectivity index (χ1n) is 17.4. The number of pyridine rings is 1. The zero-order chi connectivity index (χ0) is 36.9. The van der Waals surface area contributed by atoms with Gasteiger partial charge in [0.25, 0.3) is 10.1 Å². The number of ether oxygens (including phenoxy) is 1. The maximum Gasteiger partial charge on any atom is 0.324 e. The number of hydrogen-bond donors (Lipinski definition) is 2. The molecule has 11 nitrogen and oxygen atoms in total. The molecule has 276 valence electrons. The summed E-state index contributed by atoms with van der Waals surface area (Å²) < 4.78 is 69.2. The second-order valence-corrected chi connectivity index (χ2v) is 15.4. The minimum atomic E-state index is -4.02. The summed E-state index contributed by atoms with van der Waals surface area (Å²) in [4.78, 5) is 13.4. The molecule has 2 aliphatic heterocycles. The van der Waals surface area contributed by atoms with Crippen molar-refractivity contribution in [2.75, 3.05) is 42.6 Å². The smallest absolute Gasteiger partial charge is 0.324 e. The van der Waals surface area contributed by atoms with Crippen LogP contribution in [-0.4, -0.2) is 66.9 Å². The molecule has 3 atom stereocenters. The molecule has 4 heterocycles. The molecule has 6 rings (SSSR count). The van der Waals surface area contributed by atoms with Gasteiger partial charge in [0.2, 0.25) is 0 Å². The van der Waals surface area contributed by atoms with Crippen LogP contribution >= 0.6 is 0 Å². The van der Waals surface area contributed by atoms with Crippen molar-refractivity contribution < 1.29 is 31.0 Å². The summed E-state index contributed by atoms with van der Waals surface area (Å²) in [5.74, 6) is 2.53. The highest BCUT2D eigenvalue weighted by Crippen LogP contribution is 2.34. The number of hydrogen-bond acceptors (Lipinski definition) is 10. The van der Waals surface area contributed by atoms with Crippen molar-refractivity contribution in [1.29, 1.82) is 0 Å². The molecule has 2 aromatic heterocycles. The number of benzene rings is 2. The summed E-state index contributed by atoms with van der Waals surface area (Å²) in [5, 5.41) is 4.09. The normalized spacial score (nSPS) is 18.9. The van der Waals surface area contributed by atoms with E-state index in [1.807, 2.05) is 24.8 Å². The fourth-order valence-electron chi connectivity index (χ4n) is 6.64. The number of halogens is 2. The van der Waals surface area contributed by atoms with E-state index in [4.69, 9.17) is 19.5 Å². The van der Waals surface area contributed by atoms with Gasteiger partial charge in [-0.05, 0) is 92.5 Å². The lowest BCUT2D eigenvalue weighted by Crippen LogP contribution is -2.36. The van der Waals surface area contributed by atoms with Gasteiger partial charge in [-0.1, -0.05) is 43.6 Å². The minimum Gasteiger partial charge on any atom is -0.492 e. The number of nitrogens with two attached hydrogens (primary N) is 1. The van der Waals surface area contributed by atoms with Crippen molar-refractivity contribution in [2.24, 2.45) is 17.6 Å². The van der Waals surface area contributed by atoms with Crippen LogP contribution in [0.1, 0.15) is 74.4 Å². The predicted octanol–water partition coefficient (Wildman–Crippen LogP) is 6.67. The third-order valence-corrected chi connectivity index (χ3v) is 10.6. The molecule has 2 aromatic carbocycles. The van der Waals surface area contributed by atoms with Crippen LogP contribution in [0.5, 0.6) is 5.75 Å². The molecule has 0 unspecified atom stereocenters. The molecule has 0 amide bonds. The topological polar surface area (TPSA) is 148 Å². The molecule has 0 bridgehead atoms. The van der Waals surface area contributed by atoms with Crippen LogP contribution in [0.4, 0.5) is 20.6 Å². The van der Waals surface area contributed by atoms with Gasteiger partial charge in [-0.25, -0.2) is 13.8 Å². The van der Waals surface area contributed by atoms with E-state index in [0.29, 0.717) is 43.1 Å². The Kier molecular flexibility index (Phi) is 12.3. The zero-order valence-corrected chi connectivity index (χ0v) is 30.6. The van der Waals surface area contributed by atoms with Gasteiger partial charge in [0.15, 0.2) is 5.82 Å². The molecule has 0 aliphatic carbocycles. The SMILES string of the molecule is Cc1cc(OCC[C@@H](C)C2CCN(c3nc(C(C)C)no3)CC2)cnc1N1C[C@H](c2cc(F)ccc2F)[C@@H](N)C1.Cc1ccc(S(=O)(=O)O)cc1. The van der Waals surface area contributed by atoms with E-state index >= 15 is 0 Å². The number of anilines is 2. The molecule has 2 saturated heterocycles. The summed E-state index contributed by atoms with van der Waals surface area (Å²) in [5.41, 5.74) is 8.59. The van der Waals surface area contributed by atoms with Crippen LogP contribution in [0.15, 0.2) is 64.1 Å². The molecular formula is C37H48F2N6O5S. The third-order valence-electron chi connectivity index (χ3n) is 9.77. The van der Waals surface area contributed by atoms with Crippen molar-refractivity contribution in [3.63, 3.8) is 0 Å². The Labute approximate surface area is 299 Å². The quantitative estimate of drug-likeness (QED) is 0.169. The number of piperidine rings is 1. The predicted molar refractivity (Wildman–Crippen MR) is 192 cm³/mol. The third kappa shape index (κ3) is 9.80. The Hall–Kier alpha value is -4.14. The van der Waals surface area contributed by atoms with E-state index in [9.17, 15) is 17.2 Å². The average Bonchev–Trinajstić information content (AvgIpc) is 3.74. The van der Waals surface area contributed by atoms with Gasteiger partial charge >= 0.3 is 6.01 Å². The monoisotopic (exact) mass is 726 g/mol. The highest BCUT2D eigenvalue weighted by molar-refractivity contribution is 7.85. The van der Waals surface area contributed by atoms with Crippen LogP contribution in [0.3, 0.4) is 0 Å². The van der Waals surface area contributed by atoms with E-state index < -0.39 is 21.8 Å². The second kappa shape index (κ2) is 16.5. The molecule has 14 heteroatoms. The maximum atomic E-state index is 14.4. The summed E-state index contributed by atoms with van der Waals surface area (Å²) in [6, 6.07) is 11.8. The second-order valence-electron chi connectivity index (χ2n) is 14.0. The first kappa shape index (κ1) is 38.1. The molecular weight excluding hydrogens is 679 g/mol. The summed E-state index contributed by atoms with van der Waals surface area (Å²) in [7, 11) is -4.02. The lowest BCUT2D eigenvalue weighted by Gasteiger charge is -2.33. The lowest BCUT2D eigenvalue weighted by molar-refractivity contribution is 0.220. The van der Waals surface area contributed by atoms with Gasteiger partial charge in [-0.3, -0.25) is 4.55 Å². The highest BCUT2D eigenvalue weighted by Gasteiger charge is 2.34. The van der Waals surface area contributed by atoms with Crippen LogP contribution in [-0.2, 0) is 10.1 Å². The van der Waals surface area contributed by atoms with Gasteiger partial charge in [0, 0.05) is 44.1 Å². The number of aromatic nitrogens is 3. The highest BCUT2D eigenvalue weighted by atomic mass is 32.2. The van der Waals surface area contributed by atoms with Crippen LogP contribution < -0.4 is 20.3 Å². The van der Waals surface area contributed by atoms with Crippen molar-refractivity contribution in [1.82, 2.24) is 15.1 Å². The van der Waals surface area contributed by atoms with Gasteiger partial charge in [-0.2, -0.15) is 13.4 Å². The standard InChI is InChI=1S/C30H40F2N6O2.C7H8O3S/c1-18(2)28-35-30(40-36-28)37-10-7-21(8-11-37)19(3)9-12-39-23-13-20(4)29(34-15-23)38-16-25(27(33)17-38)24-14-22(31)5-6-26(24)32;1-6-2-4-7(5-3-6)11(8,9)10/h5-6,13-15,18-19,21,25,27H,7-12,16-17,33H2,1-4H3;2-5H,1H3,(H,8,9,10)/t19-,25-,27+;/m1./s1. The Balaban J connectivity index is 0.000000392. The van der Waals surface area contributed by atoms with E-state index in [1.54, 1.807) is 18.3 Å². The van der Waals surface area contributed by atoms with Crippen molar-refractivity contribution in [2.45, 2.75) is 76.7 Å². The van der Waals surface area contributed by atoms with Crippen molar-refractivity contribution >= 4 is 22.0 Å². The van der Waals surface area contributed by atoms with Crippen LogP contribution in [0, 0.1) is 37.3 Å². The van der Waals surface area contributed by atoms with Crippen molar-refractivity contribution in [3.05, 3.63) is 88.9 Å². The molecule has 2 aliphatic rings. The first-order valence-corrected chi connectivity index (χ1v) is 18.8. The first-order chi connectivity index (χ1) is 24.2. The number of nitrogens with zero attached hydrogens (tertiary/aromatic N) is 5. The molecule has 0 radical (unpaired) electrons. The molecule has 4 aromatic rings. The number of rotatable bonds is 10. The van der Waals surface area contributed by atoms with Gasteiger partial charge < -0.3 is 24.8 Å². The Morgan fingerprint density at radius 1 is 1.02 bits per heavy atom. The fourth-order valence-corrected chi connectivity index (χ4v) is 7.12. The Bertz CT molecular complexity index is 1870. The molecule has 0 saturated carbocycles. The molecule has 3 N–H and O–H groups in total. The van der Waals surface area contributed by atoms with Gasteiger partial charge in [0.1, 0.15) is 23.2 Å². The summed E-state index contributed by atoms with van der Waals surface area (Å²) >= 11 is 0. The zero-order valence-electron chi connectivity index (χ0n) is 29.8. The van der Waals surface area contributed by atoms with E-state index in [-0.39, 0.29) is 22.8 Å². The van der Waals surface area contributed by atoms with E-state index in [2.05, 4.69) is 40.8 Å². The van der Waals surface area contributed by atoms with Crippen LogP contribution in [0.25, 0.3) is 0 Å². The fraction of sp³-hybridized carbons (Fsp3) is 0.486. The van der Waals surface area contributed by atoms with E-state index in [1.165, 1.54) is 18.2 Å². The lowest BCUT2D eigenvalue weighted by atomic mass is 9.84. The molecule has 2 fully saturated rings. The summed E-state index contributed by atoms with van der Waals surface area (Å²) in [6.07, 6.45) is 4.89. The Morgan fingerprint density at radius 2 is 1.73 bits per heavy atom. The van der Waals surface area contributed by atoms with Gasteiger partial charge in [0.05, 0.1) is 17.7 Å².